The van der Waals surface area contributed by atoms with Gasteiger partial charge >= 0.3 is 0 Å². The number of benzene rings is 2. The predicted octanol–water partition coefficient (Wildman–Crippen LogP) is 3.59. The van der Waals surface area contributed by atoms with Crippen molar-refractivity contribution in [1.82, 2.24) is 5.32 Å². The predicted molar refractivity (Wildman–Crippen MR) is 95.5 cm³/mol. The number of nitrogens with one attached hydrogen (secondary N) is 1. The summed E-state index contributed by atoms with van der Waals surface area (Å²) in [6.07, 6.45) is 0. The number of fused-ring (bicyclic) bond motifs is 1. The Balaban J connectivity index is 1.80. The van der Waals surface area contributed by atoms with Crippen LogP contribution in [0.3, 0.4) is 0 Å². The summed E-state index contributed by atoms with van der Waals surface area (Å²) in [7, 11) is 1.60. The number of ether oxygens (including phenoxy) is 3. The topological polar surface area (TPSA) is 56.8 Å². The highest BCUT2D eigenvalue weighted by Crippen LogP contribution is 2.34. The van der Waals surface area contributed by atoms with Crippen molar-refractivity contribution in [3.8, 4) is 17.2 Å². The van der Waals surface area contributed by atoms with Gasteiger partial charge in [0.15, 0.2) is 11.5 Å². The molecule has 3 rings (SSSR count). The summed E-state index contributed by atoms with van der Waals surface area (Å²) < 4.78 is 16.4. The molecule has 0 radical (unpaired) electrons. The summed E-state index contributed by atoms with van der Waals surface area (Å²) >= 11 is 0. The van der Waals surface area contributed by atoms with Gasteiger partial charge in [-0.3, -0.25) is 4.79 Å². The molecule has 1 atom stereocenters. The molecule has 0 saturated carbocycles. The minimum atomic E-state index is -0.120. The minimum Gasteiger partial charge on any atom is -0.497 e. The lowest BCUT2D eigenvalue weighted by Crippen LogP contribution is -2.31. The Labute approximate surface area is 147 Å². The van der Waals surface area contributed by atoms with Gasteiger partial charge in [-0.15, -0.1) is 0 Å². The monoisotopic (exact) mass is 341 g/mol. The van der Waals surface area contributed by atoms with Crippen molar-refractivity contribution >= 4 is 5.91 Å². The Hall–Kier alpha value is -2.69. The van der Waals surface area contributed by atoms with E-state index in [9.17, 15) is 4.79 Å². The third kappa shape index (κ3) is 3.87. The number of carbonyl (C=O) groups is 1. The Morgan fingerprint density at radius 2 is 1.72 bits per heavy atom. The molecule has 0 bridgehead atoms. The molecule has 2 aromatic carbocycles. The van der Waals surface area contributed by atoms with Gasteiger partial charge in [0.1, 0.15) is 19.0 Å². The first kappa shape index (κ1) is 17.1. The van der Waals surface area contributed by atoms with E-state index >= 15 is 0 Å². The first-order valence-corrected chi connectivity index (χ1v) is 8.43. The van der Waals surface area contributed by atoms with E-state index in [2.05, 4.69) is 19.2 Å². The molecule has 1 aliphatic heterocycles. The van der Waals surface area contributed by atoms with E-state index in [1.54, 1.807) is 31.4 Å². The molecule has 0 aliphatic carbocycles. The zero-order valence-corrected chi connectivity index (χ0v) is 14.7. The van der Waals surface area contributed by atoms with E-state index in [0.29, 0.717) is 18.8 Å². The Kier molecular flexibility index (Phi) is 5.12. The number of hydrogen-bond donors (Lipinski definition) is 1. The lowest BCUT2D eigenvalue weighted by atomic mass is 9.95. The summed E-state index contributed by atoms with van der Waals surface area (Å²) in [5.41, 5.74) is 1.60. The normalized spacial score (nSPS) is 14.1. The Morgan fingerprint density at radius 1 is 1.04 bits per heavy atom. The maximum absolute atomic E-state index is 12.6. The van der Waals surface area contributed by atoms with Crippen LogP contribution < -0.4 is 19.5 Å². The standard InChI is InChI=1S/C20H23NO4/c1-13(2)19(15-6-9-17-18(12-15)25-11-10-24-17)21-20(22)14-4-7-16(23-3)8-5-14/h4-9,12-13,19H,10-11H2,1-3H3,(H,21,22)/t19-/m0/s1. The number of methoxy groups -OCH3 is 1. The van der Waals surface area contributed by atoms with Crippen LogP contribution in [0, 0.1) is 5.92 Å². The molecular formula is C20H23NO4. The molecule has 1 heterocycles. The van der Waals surface area contributed by atoms with Gasteiger partial charge in [-0.25, -0.2) is 0 Å². The van der Waals surface area contributed by atoms with Gasteiger partial charge in [-0.05, 0) is 47.9 Å². The van der Waals surface area contributed by atoms with Gasteiger partial charge in [-0.2, -0.15) is 0 Å². The maximum atomic E-state index is 12.6. The second kappa shape index (κ2) is 7.47. The number of carbonyl (C=O) groups excluding carboxylic acids is 1. The van der Waals surface area contributed by atoms with Crippen molar-refractivity contribution < 1.29 is 19.0 Å². The zero-order valence-electron chi connectivity index (χ0n) is 14.7. The summed E-state index contributed by atoms with van der Waals surface area (Å²) in [6, 6.07) is 12.8. The lowest BCUT2D eigenvalue weighted by Gasteiger charge is -2.25. The SMILES string of the molecule is COc1ccc(C(=O)N[C@H](c2ccc3c(c2)OCCO3)C(C)C)cc1. The minimum absolute atomic E-state index is 0.115. The third-order valence-corrected chi connectivity index (χ3v) is 4.23. The highest BCUT2D eigenvalue weighted by atomic mass is 16.6. The smallest absolute Gasteiger partial charge is 0.251 e. The van der Waals surface area contributed by atoms with E-state index in [-0.39, 0.29) is 17.9 Å². The number of amides is 1. The average molecular weight is 341 g/mol. The van der Waals surface area contributed by atoms with Crippen molar-refractivity contribution in [3.63, 3.8) is 0 Å². The van der Waals surface area contributed by atoms with Crippen molar-refractivity contribution in [2.45, 2.75) is 19.9 Å². The summed E-state index contributed by atoms with van der Waals surface area (Å²) in [6.45, 7) is 5.26. The molecule has 0 spiro atoms. The highest BCUT2D eigenvalue weighted by molar-refractivity contribution is 5.94. The molecule has 1 amide bonds. The van der Waals surface area contributed by atoms with E-state index < -0.39 is 0 Å². The van der Waals surface area contributed by atoms with Crippen molar-refractivity contribution in [3.05, 3.63) is 53.6 Å². The third-order valence-electron chi connectivity index (χ3n) is 4.23. The molecule has 0 saturated heterocycles. The van der Waals surface area contributed by atoms with Gasteiger partial charge < -0.3 is 19.5 Å². The summed E-state index contributed by atoms with van der Waals surface area (Å²) in [4.78, 5) is 12.6. The Bertz CT molecular complexity index is 740. The fraction of sp³-hybridized carbons (Fsp3) is 0.350. The van der Waals surface area contributed by atoms with Crippen LogP contribution in [0.1, 0.15) is 35.8 Å². The first-order chi connectivity index (χ1) is 12.1. The highest BCUT2D eigenvalue weighted by Gasteiger charge is 2.22. The van der Waals surface area contributed by atoms with Crippen LogP contribution in [0.5, 0.6) is 17.2 Å². The molecule has 2 aromatic rings. The zero-order chi connectivity index (χ0) is 17.8. The van der Waals surface area contributed by atoms with Crippen LogP contribution in [0.15, 0.2) is 42.5 Å². The van der Waals surface area contributed by atoms with Crippen LogP contribution in [-0.4, -0.2) is 26.2 Å². The van der Waals surface area contributed by atoms with Crippen molar-refractivity contribution in [2.24, 2.45) is 5.92 Å². The average Bonchev–Trinajstić information content (AvgIpc) is 2.65. The Morgan fingerprint density at radius 3 is 2.36 bits per heavy atom. The first-order valence-electron chi connectivity index (χ1n) is 8.43. The van der Waals surface area contributed by atoms with E-state index in [1.165, 1.54) is 0 Å². The largest absolute Gasteiger partial charge is 0.497 e. The van der Waals surface area contributed by atoms with Gasteiger partial charge in [-0.1, -0.05) is 19.9 Å². The quantitative estimate of drug-likeness (QED) is 0.903. The molecule has 0 aromatic heterocycles. The fourth-order valence-corrected chi connectivity index (χ4v) is 2.86. The molecule has 25 heavy (non-hydrogen) atoms. The van der Waals surface area contributed by atoms with Crippen LogP contribution >= 0.6 is 0 Å². The van der Waals surface area contributed by atoms with Crippen LogP contribution in [0.4, 0.5) is 0 Å². The second-order valence-corrected chi connectivity index (χ2v) is 6.33. The van der Waals surface area contributed by atoms with Gasteiger partial charge in [0.2, 0.25) is 0 Å². The molecule has 132 valence electrons. The number of hydrogen-bond acceptors (Lipinski definition) is 4. The molecule has 5 nitrogen and oxygen atoms in total. The fourth-order valence-electron chi connectivity index (χ4n) is 2.86. The molecule has 1 aliphatic rings. The lowest BCUT2D eigenvalue weighted by molar-refractivity contribution is 0.0925. The maximum Gasteiger partial charge on any atom is 0.251 e. The summed E-state index contributed by atoms with van der Waals surface area (Å²) in [5.74, 6) is 2.32. The van der Waals surface area contributed by atoms with Crippen LogP contribution in [0.25, 0.3) is 0 Å². The molecule has 5 heteroatoms. The van der Waals surface area contributed by atoms with Gasteiger partial charge in [0.25, 0.3) is 5.91 Å². The van der Waals surface area contributed by atoms with E-state index in [4.69, 9.17) is 14.2 Å². The van der Waals surface area contributed by atoms with Gasteiger partial charge in [0, 0.05) is 5.56 Å². The van der Waals surface area contributed by atoms with E-state index in [1.807, 2.05) is 18.2 Å². The number of rotatable bonds is 5. The molecule has 0 fully saturated rings. The van der Waals surface area contributed by atoms with Crippen molar-refractivity contribution in [2.75, 3.05) is 20.3 Å². The van der Waals surface area contributed by atoms with Crippen LogP contribution in [0.2, 0.25) is 0 Å². The van der Waals surface area contributed by atoms with Crippen molar-refractivity contribution in [1.29, 1.82) is 0 Å². The van der Waals surface area contributed by atoms with E-state index in [0.717, 1.165) is 22.8 Å². The second-order valence-electron chi connectivity index (χ2n) is 6.33. The van der Waals surface area contributed by atoms with Gasteiger partial charge in [0.05, 0.1) is 13.2 Å². The molecular weight excluding hydrogens is 318 g/mol. The molecule has 1 N–H and O–H groups in total. The molecule has 0 unspecified atom stereocenters. The summed E-state index contributed by atoms with van der Waals surface area (Å²) in [5, 5.41) is 3.12. The van der Waals surface area contributed by atoms with Crippen LogP contribution in [-0.2, 0) is 0 Å².